The van der Waals surface area contributed by atoms with Crippen LogP contribution in [0.2, 0.25) is 0 Å². The van der Waals surface area contributed by atoms with Crippen LogP contribution in [0.1, 0.15) is 26.7 Å². The van der Waals surface area contributed by atoms with E-state index in [1.54, 1.807) is 7.11 Å². The van der Waals surface area contributed by atoms with Crippen molar-refractivity contribution in [2.24, 2.45) is 0 Å². The predicted octanol–water partition coefficient (Wildman–Crippen LogP) is 0.622. The molecule has 1 rings (SSSR count). The normalized spacial score (nSPS) is 23.3. The number of carbonyl (C=O) groups excluding carboxylic acids is 1. The second-order valence-corrected chi connectivity index (χ2v) is 4.71. The first kappa shape index (κ1) is 12.5. The first-order valence-electron chi connectivity index (χ1n) is 5.51. The Morgan fingerprint density at radius 3 is 2.80 bits per heavy atom. The molecule has 88 valence electrons. The Morgan fingerprint density at radius 2 is 2.27 bits per heavy atom. The molecule has 1 amide bonds. The molecule has 4 nitrogen and oxygen atoms in total. The Kier molecular flexibility index (Phi) is 4.11. The van der Waals surface area contributed by atoms with Gasteiger partial charge >= 0.3 is 0 Å². The average molecular weight is 214 g/mol. The highest BCUT2D eigenvalue weighted by atomic mass is 16.5. The van der Waals surface area contributed by atoms with Gasteiger partial charge in [-0.2, -0.15) is 0 Å². The Hall–Kier alpha value is -0.610. The van der Waals surface area contributed by atoms with Gasteiger partial charge in [0.2, 0.25) is 5.91 Å². The van der Waals surface area contributed by atoms with E-state index >= 15 is 0 Å². The lowest BCUT2D eigenvalue weighted by molar-refractivity contribution is -0.139. The number of piperidine rings is 1. The summed E-state index contributed by atoms with van der Waals surface area (Å²) in [5.41, 5.74) is -0.259. The number of likely N-dealkylation sites (N-methyl/N-ethyl adjacent to an activating group) is 1. The summed E-state index contributed by atoms with van der Waals surface area (Å²) in [6.07, 6.45) is 2.01. The van der Waals surface area contributed by atoms with E-state index in [4.69, 9.17) is 4.74 Å². The van der Waals surface area contributed by atoms with Gasteiger partial charge in [-0.05, 0) is 33.7 Å². The molecule has 1 atom stereocenters. The number of hydrogen-bond acceptors (Lipinski definition) is 3. The van der Waals surface area contributed by atoms with Gasteiger partial charge < -0.3 is 15.0 Å². The number of ether oxygens (including phenoxy) is 1. The van der Waals surface area contributed by atoms with Crippen LogP contribution in [0.25, 0.3) is 0 Å². The van der Waals surface area contributed by atoms with E-state index in [-0.39, 0.29) is 17.6 Å². The summed E-state index contributed by atoms with van der Waals surface area (Å²) in [5, 5.41) is 3.06. The Balaban J connectivity index is 2.58. The van der Waals surface area contributed by atoms with Gasteiger partial charge in [0.25, 0.3) is 0 Å². The maximum atomic E-state index is 12.0. The first-order chi connectivity index (χ1) is 7.00. The number of nitrogens with one attached hydrogen (secondary N) is 1. The van der Waals surface area contributed by atoms with E-state index in [9.17, 15) is 4.79 Å². The van der Waals surface area contributed by atoms with E-state index in [0.29, 0.717) is 6.54 Å². The molecule has 0 spiro atoms. The molecule has 0 aromatic heterocycles. The van der Waals surface area contributed by atoms with Crippen LogP contribution in [0.4, 0.5) is 0 Å². The Bertz CT molecular complexity index is 229. The molecule has 1 fully saturated rings. The monoisotopic (exact) mass is 214 g/mol. The van der Waals surface area contributed by atoms with E-state index < -0.39 is 0 Å². The zero-order valence-electron chi connectivity index (χ0n) is 10.2. The average Bonchev–Trinajstić information content (AvgIpc) is 2.21. The molecule has 1 saturated heterocycles. The van der Waals surface area contributed by atoms with Crippen LogP contribution in [-0.4, -0.2) is 49.7 Å². The van der Waals surface area contributed by atoms with Crippen molar-refractivity contribution in [3.8, 4) is 0 Å². The highest BCUT2D eigenvalue weighted by Crippen LogP contribution is 2.16. The molecule has 0 aromatic carbocycles. The zero-order valence-corrected chi connectivity index (χ0v) is 10.2. The van der Waals surface area contributed by atoms with Crippen LogP contribution < -0.4 is 5.32 Å². The SMILES string of the molecule is CNC1CCCN(CC(C)(C)OC)C1=O. The number of carbonyl (C=O) groups is 1. The molecule has 1 heterocycles. The van der Waals surface area contributed by atoms with Gasteiger partial charge in [0.1, 0.15) is 0 Å². The lowest BCUT2D eigenvalue weighted by Gasteiger charge is -2.37. The lowest BCUT2D eigenvalue weighted by atomic mass is 10.0. The number of rotatable bonds is 4. The molecule has 0 saturated carbocycles. The van der Waals surface area contributed by atoms with Gasteiger partial charge in [-0.1, -0.05) is 0 Å². The van der Waals surface area contributed by atoms with Gasteiger partial charge in [-0.15, -0.1) is 0 Å². The quantitative estimate of drug-likeness (QED) is 0.746. The number of amides is 1. The predicted molar refractivity (Wildman–Crippen MR) is 59.7 cm³/mol. The van der Waals surface area contributed by atoms with Crippen molar-refractivity contribution >= 4 is 5.91 Å². The smallest absolute Gasteiger partial charge is 0.239 e. The van der Waals surface area contributed by atoms with E-state index in [2.05, 4.69) is 5.32 Å². The Morgan fingerprint density at radius 1 is 1.60 bits per heavy atom. The van der Waals surface area contributed by atoms with Gasteiger partial charge in [-0.25, -0.2) is 0 Å². The lowest BCUT2D eigenvalue weighted by Crippen LogP contribution is -2.53. The summed E-state index contributed by atoms with van der Waals surface area (Å²) in [4.78, 5) is 13.9. The first-order valence-corrected chi connectivity index (χ1v) is 5.51. The van der Waals surface area contributed by atoms with E-state index in [1.165, 1.54) is 0 Å². The van der Waals surface area contributed by atoms with Crippen molar-refractivity contribution < 1.29 is 9.53 Å². The molecule has 0 radical (unpaired) electrons. The topological polar surface area (TPSA) is 41.6 Å². The van der Waals surface area contributed by atoms with Crippen molar-refractivity contribution in [2.45, 2.75) is 38.3 Å². The van der Waals surface area contributed by atoms with Crippen LogP contribution >= 0.6 is 0 Å². The van der Waals surface area contributed by atoms with Crippen LogP contribution in [-0.2, 0) is 9.53 Å². The standard InChI is InChI=1S/C11H22N2O2/c1-11(2,15-4)8-13-7-5-6-9(12-3)10(13)14/h9,12H,5-8H2,1-4H3. The van der Waals surface area contributed by atoms with Crippen molar-refractivity contribution in [2.75, 3.05) is 27.2 Å². The molecular weight excluding hydrogens is 192 g/mol. The molecule has 0 aliphatic carbocycles. The van der Waals surface area contributed by atoms with Gasteiger partial charge in [0.05, 0.1) is 11.6 Å². The number of methoxy groups -OCH3 is 1. The number of hydrogen-bond donors (Lipinski definition) is 1. The van der Waals surface area contributed by atoms with Crippen molar-refractivity contribution in [1.29, 1.82) is 0 Å². The third-order valence-electron chi connectivity index (χ3n) is 3.00. The molecule has 4 heteroatoms. The summed E-state index contributed by atoms with van der Waals surface area (Å²) in [7, 11) is 3.53. The summed E-state index contributed by atoms with van der Waals surface area (Å²) in [6.45, 7) is 5.52. The minimum absolute atomic E-state index is 0.00796. The molecular formula is C11H22N2O2. The van der Waals surface area contributed by atoms with Crippen molar-refractivity contribution in [1.82, 2.24) is 10.2 Å². The van der Waals surface area contributed by atoms with Crippen LogP contribution in [0.3, 0.4) is 0 Å². The summed E-state index contributed by atoms with van der Waals surface area (Å²) >= 11 is 0. The largest absolute Gasteiger partial charge is 0.377 e. The second-order valence-electron chi connectivity index (χ2n) is 4.71. The van der Waals surface area contributed by atoms with E-state index in [1.807, 2.05) is 25.8 Å². The molecule has 1 N–H and O–H groups in total. The number of nitrogens with zero attached hydrogens (tertiary/aromatic N) is 1. The van der Waals surface area contributed by atoms with Crippen molar-refractivity contribution in [3.63, 3.8) is 0 Å². The summed E-state index contributed by atoms with van der Waals surface area (Å²) in [5.74, 6) is 0.203. The number of likely N-dealkylation sites (tertiary alicyclic amines) is 1. The molecule has 1 unspecified atom stereocenters. The maximum absolute atomic E-state index is 12.0. The molecule has 0 bridgehead atoms. The molecule has 0 aromatic rings. The maximum Gasteiger partial charge on any atom is 0.239 e. The molecule has 1 aliphatic rings. The summed E-state index contributed by atoms with van der Waals surface area (Å²) in [6, 6.07) is -0.00796. The highest BCUT2D eigenvalue weighted by Gasteiger charge is 2.31. The summed E-state index contributed by atoms with van der Waals surface area (Å²) < 4.78 is 5.34. The Labute approximate surface area is 92.0 Å². The van der Waals surface area contributed by atoms with Gasteiger partial charge in [-0.3, -0.25) is 4.79 Å². The van der Waals surface area contributed by atoms with E-state index in [0.717, 1.165) is 19.4 Å². The van der Waals surface area contributed by atoms with Gasteiger partial charge in [0.15, 0.2) is 0 Å². The fraction of sp³-hybridized carbons (Fsp3) is 0.909. The molecule has 15 heavy (non-hydrogen) atoms. The molecule has 1 aliphatic heterocycles. The second kappa shape index (κ2) is 4.94. The zero-order chi connectivity index (χ0) is 11.5. The third-order valence-corrected chi connectivity index (χ3v) is 3.00. The minimum atomic E-state index is -0.259. The van der Waals surface area contributed by atoms with Crippen LogP contribution in [0, 0.1) is 0 Å². The van der Waals surface area contributed by atoms with Crippen LogP contribution in [0.5, 0.6) is 0 Å². The highest BCUT2D eigenvalue weighted by molar-refractivity contribution is 5.82. The van der Waals surface area contributed by atoms with Gasteiger partial charge in [0, 0.05) is 20.2 Å². The fourth-order valence-corrected chi connectivity index (χ4v) is 1.89. The van der Waals surface area contributed by atoms with Crippen molar-refractivity contribution in [3.05, 3.63) is 0 Å². The third kappa shape index (κ3) is 3.18. The van der Waals surface area contributed by atoms with Crippen LogP contribution in [0.15, 0.2) is 0 Å². The minimum Gasteiger partial charge on any atom is -0.377 e. The fourth-order valence-electron chi connectivity index (χ4n) is 1.89.